The molecule has 1 aliphatic carbocycles. The van der Waals surface area contributed by atoms with Gasteiger partial charge in [0.25, 0.3) is 5.66 Å². The molecule has 10 heteroatoms. The number of aliphatic hydroxyl groups is 3. The molecule has 4 fully saturated rings. The van der Waals surface area contributed by atoms with Crippen molar-refractivity contribution in [3.05, 3.63) is 12.3 Å². The molecule has 5 N–H and O–H groups in total. The van der Waals surface area contributed by atoms with Gasteiger partial charge in [0.1, 0.15) is 6.04 Å². The van der Waals surface area contributed by atoms with Crippen LogP contribution in [0, 0.1) is 23.7 Å². The fraction of sp³-hybridized carbons (Fsp3) is 0.935. The quantitative estimate of drug-likeness (QED) is 0.259. The largest absolute Gasteiger partial charge is 0.400 e. The molecular formula is C31H61F2N4O3P. The van der Waals surface area contributed by atoms with E-state index in [2.05, 4.69) is 54.9 Å². The highest BCUT2D eigenvalue weighted by atomic mass is 31.0. The van der Waals surface area contributed by atoms with Gasteiger partial charge in [0.15, 0.2) is 0 Å². The molecule has 242 valence electrons. The van der Waals surface area contributed by atoms with Crippen molar-refractivity contribution in [3.8, 4) is 0 Å². The van der Waals surface area contributed by atoms with E-state index >= 15 is 0 Å². The van der Waals surface area contributed by atoms with Gasteiger partial charge in [0, 0.05) is 55.9 Å². The summed E-state index contributed by atoms with van der Waals surface area (Å²) in [5.74, 6) is 1.55. The SMILES string of the molecule is C=C(C1CNC(C(F)(F)P)C(O)C1)N1CCC2C(C(CCC)NN2C2CCC(C(C)C)CC2O)C1CC.CC.CO. The van der Waals surface area contributed by atoms with Gasteiger partial charge in [0.05, 0.1) is 18.2 Å². The van der Waals surface area contributed by atoms with E-state index in [0.29, 0.717) is 48.8 Å². The van der Waals surface area contributed by atoms with E-state index in [1.54, 1.807) is 9.24 Å². The van der Waals surface area contributed by atoms with Crippen LogP contribution in [0.1, 0.15) is 92.9 Å². The van der Waals surface area contributed by atoms with Crippen molar-refractivity contribution < 1.29 is 24.1 Å². The van der Waals surface area contributed by atoms with Gasteiger partial charge >= 0.3 is 0 Å². The highest BCUT2D eigenvalue weighted by Gasteiger charge is 2.53. The molecule has 3 aliphatic heterocycles. The fourth-order valence-electron chi connectivity index (χ4n) is 7.98. The van der Waals surface area contributed by atoms with Crippen molar-refractivity contribution in [1.29, 1.82) is 0 Å². The first-order chi connectivity index (χ1) is 19.5. The number of piperidine rings is 2. The van der Waals surface area contributed by atoms with Gasteiger partial charge in [-0.1, -0.05) is 63.8 Å². The second-order valence-electron chi connectivity index (χ2n) is 12.5. The Morgan fingerprint density at radius 2 is 1.71 bits per heavy atom. The maximum absolute atomic E-state index is 13.9. The van der Waals surface area contributed by atoms with Crippen molar-refractivity contribution in [1.82, 2.24) is 20.7 Å². The van der Waals surface area contributed by atoms with Crippen molar-refractivity contribution in [3.63, 3.8) is 0 Å². The Hall–Kier alpha value is -0.410. The molecule has 11 unspecified atom stereocenters. The van der Waals surface area contributed by atoms with Crippen LogP contribution in [0.3, 0.4) is 0 Å². The Bertz CT molecular complexity index is 789. The molecule has 1 saturated carbocycles. The molecule has 41 heavy (non-hydrogen) atoms. The first kappa shape index (κ1) is 36.8. The third kappa shape index (κ3) is 8.40. The van der Waals surface area contributed by atoms with Gasteiger partial charge in [0.2, 0.25) is 0 Å². The summed E-state index contributed by atoms with van der Waals surface area (Å²) in [4.78, 5) is 2.43. The minimum atomic E-state index is -3.04. The third-order valence-corrected chi connectivity index (χ3v) is 10.3. The average molecular weight is 607 g/mol. The van der Waals surface area contributed by atoms with Crippen molar-refractivity contribution in [2.24, 2.45) is 23.7 Å². The Morgan fingerprint density at radius 3 is 2.22 bits per heavy atom. The molecule has 4 rings (SSSR count). The predicted octanol–water partition coefficient (Wildman–Crippen LogP) is 4.59. The van der Waals surface area contributed by atoms with E-state index in [0.717, 1.165) is 57.9 Å². The molecule has 7 nitrogen and oxygen atoms in total. The van der Waals surface area contributed by atoms with E-state index in [4.69, 9.17) is 5.11 Å². The van der Waals surface area contributed by atoms with Gasteiger partial charge in [-0.25, -0.2) is 13.8 Å². The van der Waals surface area contributed by atoms with E-state index in [1.807, 2.05) is 13.8 Å². The number of nitrogens with zero attached hydrogens (tertiary/aromatic N) is 2. The Labute approximate surface area is 251 Å². The summed E-state index contributed by atoms with van der Waals surface area (Å²) in [5.41, 5.74) is 1.82. The zero-order valence-corrected chi connectivity index (χ0v) is 27.9. The molecule has 3 heterocycles. The van der Waals surface area contributed by atoms with Gasteiger partial charge in [-0.2, -0.15) is 0 Å². The number of hydrazine groups is 1. The average Bonchev–Trinajstić information content (AvgIpc) is 3.31. The van der Waals surface area contributed by atoms with Crippen molar-refractivity contribution >= 4 is 9.24 Å². The van der Waals surface area contributed by atoms with Gasteiger partial charge in [-0.3, -0.25) is 5.43 Å². The molecule has 0 aromatic carbocycles. The second-order valence-corrected chi connectivity index (χ2v) is 13.3. The second kappa shape index (κ2) is 16.6. The number of likely N-dealkylation sites (tertiary alicyclic amines) is 1. The number of halogens is 2. The van der Waals surface area contributed by atoms with Gasteiger partial charge in [-0.05, 0) is 56.8 Å². The Morgan fingerprint density at radius 1 is 1.05 bits per heavy atom. The summed E-state index contributed by atoms with van der Waals surface area (Å²) >= 11 is 0. The van der Waals surface area contributed by atoms with Crippen LogP contribution in [0.2, 0.25) is 0 Å². The molecule has 0 radical (unpaired) electrons. The Kier molecular flexibility index (Phi) is 14.9. The molecule has 0 bridgehead atoms. The summed E-state index contributed by atoms with van der Waals surface area (Å²) in [5, 5.41) is 34.1. The molecule has 0 spiro atoms. The maximum atomic E-state index is 13.9. The first-order valence-electron chi connectivity index (χ1n) is 16.2. The number of aliphatic hydroxyl groups excluding tert-OH is 3. The van der Waals surface area contributed by atoms with Crippen molar-refractivity contribution in [2.45, 2.75) is 141 Å². The summed E-state index contributed by atoms with van der Waals surface area (Å²) in [7, 11) is 2.56. The summed E-state index contributed by atoms with van der Waals surface area (Å²) in [6.45, 7) is 18.7. The number of nitrogens with one attached hydrogen (secondary N) is 2. The van der Waals surface area contributed by atoms with Crippen LogP contribution in [0.25, 0.3) is 0 Å². The van der Waals surface area contributed by atoms with E-state index in [9.17, 15) is 19.0 Å². The van der Waals surface area contributed by atoms with Gasteiger partial charge in [-0.15, -0.1) is 0 Å². The molecule has 11 atom stereocenters. The van der Waals surface area contributed by atoms with E-state index in [1.165, 1.54) is 6.42 Å². The number of hydrogen-bond acceptors (Lipinski definition) is 7. The molecular weight excluding hydrogens is 545 g/mol. The minimum absolute atomic E-state index is 0.0626. The lowest BCUT2D eigenvalue weighted by Gasteiger charge is -2.50. The molecule has 0 aromatic heterocycles. The first-order valence-corrected chi connectivity index (χ1v) is 16.8. The third-order valence-electron chi connectivity index (χ3n) is 9.98. The molecule has 0 aromatic rings. The van der Waals surface area contributed by atoms with Crippen LogP contribution in [0.4, 0.5) is 8.78 Å². The van der Waals surface area contributed by atoms with Crippen LogP contribution in [-0.4, -0.2) is 93.5 Å². The van der Waals surface area contributed by atoms with Gasteiger partial charge < -0.3 is 25.5 Å². The van der Waals surface area contributed by atoms with Crippen LogP contribution >= 0.6 is 9.24 Å². The summed E-state index contributed by atoms with van der Waals surface area (Å²) in [6, 6.07) is -0.0767. The highest BCUT2D eigenvalue weighted by Crippen LogP contribution is 2.44. The van der Waals surface area contributed by atoms with Crippen molar-refractivity contribution in [2.75, 3.05) is 20.2 Å². The zero-order valence-electron chi connectivity index (χ0n) is 26.7. The number of alkyl halides is 2. The smallest absolute Gasteiger partial charge is 0.276 e. The molecule has 4 aliphatic rings. The maximum Gasteiger partial charge on any atom is 0.276 e. The number of fused-ring (bicyclic) bond motifs is 1. The lowest BCUT2D eigenvalue weighted by Crippen LogP contribution is -2.59. The highest BCUT2D eigenvalue weighted by molar-refractivity contribution is 7.18. The van der Waals surface area contributed by atoms with Crippen LogP contribution in [0.5, 0.6) is 0 Å². The number of rotatable bonds is 8. The minimum Gasteiger partial charge on any atom is -0.400 e. The lowest BCUT2D eigenvalue weighted by molar-refractivity contribution is -0.0497. The summed E-state index contributed by atoms with van der Waals surface area (Å²) < 4.78 is 27.8. The van der Waals surface area contributed by atoms with E-state index in [-0.39, 0.29) is 18.1 Å². The Balaban J connectivity index is 0.00000141. The summed E-state index contributed by atoms with van der Waals surface area (Å²) in [6.07, 6.45) is 6.10. The molecule has 0 amide bonds. The van der Waals surface area contributed by atoms with E-state index < -0.39 is 17.8 Å². The monoisotopic (exact) mass is 606 g/mol. The fourth-order valence-corrected chi connectivity index (χ4v) is 8.32. The zero-order chi connectivity index (χ0) is 31.1. The number of hydrogen-bond donors (Lipinski definition) is 5. The normalized spacial score (nSPS) is 38.0. The van der Waals surface area contributed by atoms with Crippen LogP contribution in [0.15, 0.2) is 12.3 Å². The predicted molar refractivity (Wildman–Crippen MR) is 168 cm³/mol. The van der Waals surface area contributed by atoms with Crippen LogP contribution < -0.4 is 10.7 Å². The van der Waals surface area contributed by atoms with Crippen LogP contribution in [-0.2, 0) is 0 Å². The standard InChI is InChI=1S/C28H51F2N4O2P.C2H6.CH4O/c1-6-8-20-26-21(7-2)33(17(5)19-14-25(36)27(31-15-19)28(29,30)37)12-11-23(26)34(32-20)22-10-9-18(16(3)4)13-24(22)35;2*1-2/h16,18-27,31-32,35-36H,5-15,37H2,1-4H3;1-2H3;2H,1H3. The lowest BCUT2D eigenvalue weighted by atomic mass is 9.75. The topological polar surface area (TPSA) is 91.2 Å². The molecule has 3 saturated heterocycles.